The highest BCUT2D eigenvalue weighted by Gasteiger charge is 2.20. The number of nitrogens with zero attached hydrogens (tertiary/aromatic N) is 4. The molecule has 4 rings (SSSR count). The molecule has 0 aliphatic heterocycles. The Morgan fingerprint density at radius 3 is 2.66 bits per heavy atom. The van der Waals surface area contributed by atoms with E-state index in [9.17, 15) is 4.79 Å². The molecule has 0 saturated heterocycles. The standard InChI is InChI=1S/C25H25N5OS/c1-17(2)21-11-4-5-12-22(21)30-24(19-9-7-13-26-15-19)28-29-25(30)32-16-23(31)27-20-10-6-8-18(3)14-20/h4-15,17H,16H2,1-3H3,(H,27,31). The molecule has 2 aromatic carbocycles. The van der Waals surface area contributed by atoms with Crippen molar-refractivity contribution in [2.75, 3.05) is 11.1 Å². The molecule has 2 heterocycles. The number of hydrogen-bond donors (Lipinski definition) is 1. The minimum Gasteiger partial charge on any atom is -0.325 e. The summed E-state index contributed by atoms with van der Waals surface area (Å²) < 4.78 is 2.02. The van der Waals surface area contributed by atoms with Crippen LogP contribution in [0.3, 0.4) is 0 Å². The van der Waals surface area contributed by atoms with Crippen molar-refractivity contribution in [1.82, 2.24) is 19.7 Å². The number of aryl methyl sites for hydroxylation is 1. The van der Waals surface area contributed by atoms with Crippen LogP contribution < -0.4 is 5.32 Å². The van der Waals surface area contributed by atoms with Crippen molar-refractivity contribution in [2.24, 2.45) is 0 Å². The fourth-order valence-electron chi connectivity index (χ4n) is 3.49. The van der Waals surface area contributed by atoms with Gasteiger partial charge in [-0.25, -0.2) is 0 Å². The maximum Gasteiger partial charge on any atom is 0.234 e. The Morgan fingerprint density at radius 2 is 1.91 bits per heavy atom. The number of para-hydroxylation sites is 1. The molecule has 162 valence electrons. The zero-order valence-electron chi connectivity index (χ0n) is 18.3. The normalized spacial score (nSPS) is 11.0. The van der Waals surface area contributed by atoms with E-state index in [-0.39, 0.29) is 11.7 Å². The first-order valence-corrected chi connectivity index (χ1v) is 11.5. The fourth-order valence-corrected chi connectivity index (χ4v) is 4.24. The quantitative estimate of drug-likeness (QED) is 0.382. The minimum atomic E-state index is -0.0878. The predicted molar refractivity (Wildman–Crippen MR) is 129 cm³/mol. The van der Waals surface area contributed by atoms with Crippen molar-refractivity contribution in [2.45, 2.75) is 31.8 Å². The molecule has 4 aromatic rings. The second-order valence-electron chi connectivity index (χ2n) is 7.80. The van der Waals surface area contributed by atoms with Crippen molar-refractivity contribution in [1.29, 1.82) is 0 Å². The van der Waals surface area contributed by atoms with Crippen LogP contribution in [0.5, 0.6) is 0 Å². The van der Waals surface area contributed by atoms with E-state index in [4.69, 9.17) is 0 Å². The summed E-state index contributed by atoms with van der Waals surface area (Å²) in [7, 11) is 0. The summed E-state index contributed by atoms with van der Waals surface area (Å²) in [5, 5.41) is 12.5. The molecule has 0 fully saturated rings. The fraction of sp³-hybridized carbons (Fsp3) is 0.200. The lowest BCUT2D eigenvalue weighted by Crippen LogP contribution is -2.14. The van der Waals surface area contributed by atoms with Gasteiger partial charge in [0.15, 0.2) is 11.0 Å². The van der Waals surface area contributed by atoms with Crippen LogP contribution in [0.15, 0.2) is 78.2 Å². The molecule has 0 aliphatic carbocycles. The van der Waals surface area contributed by atoms with Gasteiger partial charge in [0.1, 0.15) is 0 Å². The molecule has 0 radical (unpaired) electrons. The number of anilines is 1. The van der Waals surface area contributed by atoms with E-state index in [0.29, 0.717) is 16.9 Å². The number of amides is 1. The monoisotopic (exact) mass is 443 g/mol. The minimum absolute atomic E-state index is 0.0878. The first-order chi connectivity index (χ1) is 15.5. The molecular weight excluding hydrogens is 418 g/mol. The van der Waals surface area contributed by atoms with Crippen LogP contribution in [0.1, 0.15) is 30.9 Å². The lowest BCUT2D eigenvalue weighted by Gasteiger charge is -2.16. The molecule has 0 aliphatic rings. The van der Waals surface area contributed by atoms with Crippen molar-refractivity contribution < 1.29 is 4.79 Å². The first kappa shape index (κ1) is 21.8. The van der Waals surface area contributed by atoms with Gasteiger partial charge in [-0.2, -0.15) is 0 Å². The molecule has 6 nitrogen and oxygen atoms in total. The third kappa shape index (κ3) is 4.89. The topological polar surface area (TPSA) is 72.7 Å². The van der Waals surface area contributed by atoms with E-state index >= 15 is 0 Å². The molecule has 0 atom stereocenters. The average molecular weight is 444 g/mol. The van der Waals surface area contributed by atoms with Gasteiger partial charge < -0.3 is 5.32 Å². The van der Waals surface area contributed by atoms with Crippen LogP contribution in [0.25, 0.3) is 17.1 Å². The highest BCUT2D eigenvalue weighted by Crippen LogP contribution is 2.32. The third-order valence-electron chi connectivity index (χ3n) is 4.99. The summed E-state index contributed by atoms with van der Waals surface area (Å²) in [5.41, 5.74) is 4.95. The van der Waals surface area contributed by atoms with Gasteiger partial charge >= 0.3 is 0 Å². The van der Waals surface area contributed by atoms with Gasteiger partial charge in [0, 0.05) is 23.6 Å². The Balaban J connectivity index is 1.66. The van der Waals surface area contributed by atoms with Crippen LogP contribution in [0, 0.1) is 6.92 Å². The number of hydrogen-bond acceptors (Lipinski definition) is 5. The number of carbonyl (C=O) groups excluding carboxylic acids is 1. The lowest BCUT2D eigenvalue weighted by molar-refractivity contribution is -0.113. The summed E-state index contributed by atoms with van der Waals surface area (Å²) in [5.74, 6) is 1.16. The zero-order chi connectivity index (χ0) is 22.5. The van der Waals surface area contributed by atoms with Gasteiger partial charge in [-0.1, -0.05) is 55.9 Å². The maximum absolute atomic E-state index is 12.6. The molecule has 1 amide bonds. The number of carbonyl (C=O) groups is 1. The van der Waals surface area contributed by atoms with Crippen molar-refractivity contribution >= 4 is 23.4 Å². The Morgan fingerprint density at radius 1 is 1.06 bits per heavy atom. The number of pyridine rings is 1. The third-order valence-corrected chi connectivity index (χ3v) is 5.92. The largest absolute Gasteiger partial charge is 0.325 e. The molecular formula is C25H25N5OS. The second-order valence-corrected chi connectivity index (χ2v) is 8.75. The van der Waals surface area contributed by atoms with Crippen LogP contribution in [-0.2, 0) is 4.79 Å². The average Bonchev–Trinajstić information content (AvgIpc) is 3.22. The molecule has 0 bridgehead atoms. The van der Waals surface area contributed by atoms with E-state index < -0.39 is 0 Å². The summed E-state index contributed by atoms with van der Waals surface area (Å²) in [6.45, 7) is 6.32. The number of benzene rings is 2. The molecule has 1 N–H and O–H groups in total. The molecule has 0 spiro atoms. The van der Waals surface area contributed by atoms with Gasteiger partial charge in [-0.05, 0) is 54.3 Å². The molecule has 2 aromatic heterocycles. The Labute approximate surface area is 192 Å². The van der Waals surface area contributed by atoms with E-state index in [1.165, 1.54) is 17.3 Å². The van der Waals surface area contributed by atoms with E-state index in [0.717, 1.165) is 22.5 Å². The zero-order valence-corrected chi connectivity index (χ0v) is 19.1. The summed E-state index contributed by atoms with van der Waals surface area (Å²) in [6, 6.07) is 19.8. The van der Waals surface area contributed by atoms with E-state index in [1.807, 2.05) is 60.0 Å². The maximum atomic E-state index is 12.6. The summed E-state index contributed by atoms with van der Waals surface area (Å²) in [4.78, 5) is 16.8. The number of thioether (sulfide) groups is 1. The van der Waals surface area contributed by atoms with Crippen LogP contribution >= 0.6 is 11.8 Å². The van der Waals surface area contributed by atoms with Crippen molar-refractivity contribution in [3.63, 3.8) is 0 Å². The SMILES string of the molecule is Cc1cccc(NC(=O)CSc2nnc(-c3cccnc3)n2-c2ccccc2C(C)C)c1. The first-order valence-electron chi connectivity index (χ1n) is 10.5. The highest BCUT2D eigenvalue weighted by molar-refractivity contribution is 7.99. The lowest BCUT2D eigenvalue weighted by atomic mass is 10.0. The molecule has 32 heavy (non-hydrogen) atoms. The van der Waals surface area contributed by atoms with Gasteiger partial charge in [0.2, 0.25) is 5.91 Å². The number of rotatable bonds is 7. The Hall–Kier alpha value is -3.45. The van der Waals surface area contributed by atoms with E-state index in [1.54, 1.807) is 12.4 Å². The van der Waals surface area contributed by atoms with E-state index in [2.05, 4.69) is 46.5 Å². The predicted octanol–water partition coefficient (Wildman–Crippen LogP) is 5.49. The second kappa shape index (κ2) is 9.78. The van der Waals surface area contributed by atoms with Gasteiger partial charge in [0.25, 0.3) is 0 Å². The van der Waals surface area contributed by atoms with Crippen LogP contribution in [0.2, 0.25) is 0 Å². The molecule has 7 heteroatoms. The summed E-state index contributed by atoms with van der Waals surface area (Å²) >= 11 is 1.37. The van der Waals surface area contributed by atoms with Crippen LogP contribution in [-0.4, -0.2) is 31.4 Å². The van der Waals surface area contributed by atoms with Crippen molar-refractivity contribution in [3.8, 4) is 17.1 Å². The Bertz CT molecular complexity index is 1220. The van der Waals surface area contributed by atoms with Crippen molar-refractivity contribution in [3.05, 3.63) is 84.2 Å². The number of nitrogens with one attached hydrogen (secondary N) is 1. The molecule has 0 saturated carbocycles. The van der Waals surface area contributed by atoms with Gasteiger partial charge in [-0.3, -0.25) is 14.3 Å². The van der Waals surface area contributed by atoms with Crippen LogP contribution in [0.4, 0.5) is 5.69 Å². The van der Waals surface area contributed by atoms with Gasteiger partial charge in [0.05, 0.1) is 11.4 Å². The smallest absolute Gasteiger partial charge is 0.234 e. The molecule has 0 unspecified atom stereocenters. The highest BCUT2D eigenvalue weighted by atomic mass is 32.2. The Kier molecular flexibility index (Phi) is 6.66. The van der Waals surface area contributed by atoms with Gasteiger partial charge in [-0.15, -0.1) is 10.2 Å². The summed E-state index contributed by atoms with van der Waals surface area (Å²) in [6.07, 6.45) is 3.51. The number of aromatic nitrogens is 4.